The van der Waals surface area contributed by atoms with Crippen molar-refractivity contribution in [2.75, 3.05) is 0 Å². The second-order valence-corrected chi connectivity index (χ2v) is 15.5. The van der Waals surface area contributed by atoms with E-state index in [4.69, 9.17) is 29.2 Å². The largest absolute Gasteiger partial charge is 0.391 e. The van der Waals surface area contributed by atoms with E-state index in [1.165, 1.54) is 37.7 Å². The molecule has 7 heteroatoms. The Bertz CT molecular complexity index is 1090. The molecular weight excluding hydrogens is 580 g/mol. The van der Waals surface area contributed by atoms with Crippen molar-refractivity contribution in [3.63, 3.8) is 0 Å². The molecule has 46 heavy (non-hydrogen) atoms. The molecule has 7 nitrogen and oxygen atoms in total. The molecule has 3 saturated carbocycles. The van der Waals surface area contributed by atoms with Crippen LogP contribution in [0, 0.1) is 35.5 Å². The van der Waals surface area contributed by atoms with Gasteiger partial charge in [-0.1, -0.05) is 55.7 Å². The van der Waals surface area contributed by atoms with Gasteiger partial charge in [0.15, 0.2) is 11.6 Å². The molecule has 0 radical (unpaired) electrons. The number of Topliss-reactive ketones (excluding diaryl/α,β-unsaturated/α-hetero) is 1. The van der Waals surface area contributed by atoms with E-state index in [1.807, 2.05) is 0 Å². The third-order valence-electron chi connectivity index (χ3n) is 12.2. The van der Waals surface area contributed by atoms with E-state index in [2.05, 4.69) is 66.7 Å². The Balaban J connectivity index is 0.000000127. The molecule has 0 aromatic carbocycles. The van der Waals surface area contributed by atoms with Crippen LogP contribution >= 0.6 is 0 Å². The Hall–Kier alpha value is -1.35. The lowest BCUT2D eigenvalue weighted by molar-refractivity contribution is -0.269. The van der Waals surface area contributed by atoms with Crippen LogP contribution in [0.5, 0.6) is 0 Å². The van der Waals surface area contributed by atoms with Crippen LogP contribution in [-0.4, -0.2) is 64.2 Å². The van der Waals surface area contributed by atoms with E-state index < -0.39 is 12.2 Å². The first kappa shape index (κ1) is 35.9. The summed E-state index contributed by atoms with van der Waals surface area (Å²) in [6.07, 6.45) is 17.2. The number of hydrogen-bond acceptors (Lipinski definition) is 7. The fraction of sp³-hybridized carbons (Fsp3) is 0.821. The van der Waals surface area contributed by atoms with Crippen molar-refractivity contribution < 1.29 is 34.0 Å². The summed E-state index contributed by atoms with van der Waals surface area (Å²) < 4.78 is 24.1. The van der Waals surface area contributed by atoms with Gasteiger partial charge in [0.2, 0.25) is 0 Å². The van der Waals surface area contributed by atoms with Crippen LogP contribution in [0.15, 0.2) is 34.9 Å². The third kappa shape index (κ3) is 7.02. The van der Waals surface area contributed by atoms with Crippen LogP contribution in [0.2, 0.25) is 0 Å². The first-order valence-corrected chi connectivity index (χ1v) is 18.4. The predicted octanol–water partition coefficient (Wildman–Crippen LogP) is 7.45. The molecule has 2 aliphatic heterocycles. The number of carbonyl (C=O) groups excluding carboxylic acids is 1. The van der Waals surface area contributed by atoms with Gasteiger partial charge in [-0.3, -0.25) is 4.79 Å². The summed E-state index contributed by atoms with van der Waals surface area (Å²) in [4.78, 5) is 10.9. The van der Waals surface area contributed by atoms with Gasteiger partial charge in [-0.2, -0.15) is 0 Å². The average Bonchev–Trinajstić information content (AvgIpc) is 3.79. The van der Waals surface area contributed by atoms with Crippen LogP contribution in [0.3, 0.4) is 0 Å². The molecule has 0 amide bonds. The Labute approximate surface area is 278 Å². The predicted molar refractivity (Wildman–Crippen MR) is 180 cm³/mol. The summed E-state index contributed by atoms with van der Waals surface area (Å²) in [5.41, 5.74) is 4.70. The molecule has 2 N–H and O–H groups in total. The van der Waals surface area contributed by atoms with Gasteiger partial charge in [0.05, 0.1) is 36.6 Å². The molecule has 12 atom stereocenters. The summed E-state index contributed by atoms with van der Waals surface area (Å²) in [7, 11) is 0. The third-order valence-corrected chi connectivity index (χ3v) is 12.2. The van der Waals surface area contributed by atoms with Crippen molar-refractivity contribution in [1.29, 1.82) is 0 Å². The number of aliphatic hydroxyl groups excluding tert-OH is 2. The maximum absolute atomic E-state index is 10.9. The number of hydrogen-bond donors (Lipinski definition) is 2. The number of ether oxygens (including phenoxy) is 4. The fourth-order valence-electron chi connectivity index (χ4n) is 8.60. The highest BCUT2D eigenvalue weighted by molar-refractivity contribution is 5.90. The number of fused-ring (bicyclic) bond motifs is 5. The maximum Gasteiger partial charge on any atom is 0.176 e. The second-order valence-electron chi connectivity index (χ2n) is 15.5. The number of rotatable bonds is 4. The van der Waals surface area contributed by atoms with Gasteiger partial charge in [-0.05, 0) is 97.8 Å². The van der Waals surface area contributed by atoms with Crippen LogP contribution < -0.4 is 0 Å². The lowest BCUT2D eigenvalue weighted by Gasteiger charge is -2.47. The summed E-state index contributed by atoms with van der Waals surface area (Å²) in [5.74, 6) is 3.74. The van der Waals surface area contributed by atoms with Gasteiger partial charge < -0.3 is 29.2 Å². The Kier molecular flexibility index (Phi) is 11.1. The van der Waals surface area contributed by atoms with Gasteiger partial charge in [0.25, 0.3) is 0 Å². The molecule has 0 aromatic heterocycles. The average molecular weight is 643 g/mol. The topological polar surface area (TPSA) is 94.5 Å². The number of aliphatic hydroxyl groups is 2. The molecule has 5 fully saturated rings. The lowest BCUT2D eigenvalue weighted by atomic mass is 9.70. The molecule has 8 aliphatic rings. The van der Waals surface area contributed by atoms with Gasteiger partial charge in [0.1, 0.15) is 5.78 Å². The quantitative estimate of drug-likeness (QED) is 0.308. The number of allylic oxidation sites excluding steroid dienone is 4. The van der Waals surface area contributed by atoms with E-state index in [9.17, 15) is 4.79 Å². The van der Waals surface area contributed by atoms with Crippen molar-refractivity contribution in [3.05, 3.63) is 34.9 Å². The first-order valence-electron chi connectivity index (χ1n) is 18.4. The summed E-state index contributed by atoms with van der Waals surface area (Å²) >= 11 is 0. The van der Waals surface area contributed by atoms with E-state index in [0.29, 0.717) is 29.5 Å². The highest BCUT2D eigenvalue weighted by Crippen LogP contribution is 2.59. The molecular formula is C39H62O7. The highest BCUT2D eigenvalue weighted by atomic mass is 16.8. The summed E-state index contributed by atoms with van der Waals surface area (Å²) in [5, 5.41) is 16.8. The van der Waals surface area contributed by atoms with Gasteiger partial charge in [-0.25, -0.2) is 0 Å². The molecule has 2 spiro atoms. The second kappa shape index (κ2) is 14.2. The van der Waals surface area contributed by atoms with Gasteiger partial charge in [0, 0.05) is 37.0 Å². The smallest absolute Gasteiger partial charge is 0.176 e. The maximum atomic E-state index is 10.9. The van der Waals surface area contributed by atoms with Crippen LogP contribution in [0.1, 0.15) is 120 Å². The molecule has 260 valence electrons. The zero-order valence-electron chi connectivity index (χ0n) is 30.0. The van der Waals surface area contributed by atoms with E-state index in [-0.39, 0.29) is 36.0 Å². The Morgan fingerprint density at radius 2 is 0.978 bits per heavy atom. The van der Waals surface area contributed by atoms with Crippen molar-refractivity contribution >= 4 is 5.78 Å². The zero-order valence-corrected chi connectivity index (χ0v) is 30.0. The van der Waals surface area contributed by atoms with E-state index in [0.717, 1.165) is 37.5 Å². The Morgan fingerprint density at radius 3 is 1.28 bits per heavy atom. The molecule has 2 saturated heterocycles. The minimum Gasteiger partial charge on any atom is -0.391 e. The minimum absolute atomic E-state index is 0.236. The van der Waals surface area contributed by atoms with Crippen LogP contribution in [0.4, 0.5) is 0 Å². The Morgan fingerprint density at radius 1 is 0.630 bits per heavy atom. The van der Waals surface area contributed by atoms with Crippen molar-refractivity contribution in [1.82, 2.24) is 0 Å². The van der Waals surface area contributed by atoms with Crippen LogP contribution in [0.25, 0.3) is 0 Å². The lowest BCUT2D eigenvalue weighted by Crippen LogP contribution is -2.52. The minimum atomic E-state index is -0.593. The van der Waals surface area contributed by atoms with Crippen LogP contribution in [-0.2, 0) is 23.7 Å². The standard InChI is InChI=1S/2C13H20O2.C9H12O.C4H10O2/c2*1-4-10-5-11-7-13(12(11)6-10)14-8(2)9(3)15-13;1-2-6-3-7-5-9(10)8(7)4-6;1-3(5)4(2)6/h2*6,8-9,11-12H,4-5,7H2,1-3H3;4,7-8H,2-3,5H2,1H3;3-6H,1-2H3/t8-,9-,11+,12+;8-,9-,11-,12-;;3-,4-/m11.1/s1. The van der Waals surface area contributed by atoms with Crippen molar-refractivity contribution in [2.45, 2.75) is 168 Å². The molecule has 8 rings (SSSR count). The monoisotopic (exact) mass is 642 g/mol. The van der Waals surface area contributed by atoms with E-state index in [1.54, 1.807) is 25.0 Å². The van der Waals surface area contributed by atoms with Gasteiger partial charge >= 0.3 is 0 Å². The highest BCUT2D eigenvalue weighted by Gasteiger charge is 2.62. The molecule has 2 heterocycles. The SMILES string of the molecule is CCC1=CC2C(=O)CC2C1.CCC1=C[C@@H]2[C@H](C1)CC21O[C@H](C)[C@@H](C)O1.CCC1=C[C@H]2[C@@H](C1)CC21O[C@H](C)[C@@H](C)O1.C[C@@H](O)[C@@H](C)O. The molecule has 6 aliphatic carbocycles. The van der Waals surface area contributed by atoms with Gasteiger partial charge in [-0.15, -0.1) is 0 Å². The van der Waals surface area contributed by atoms with Crippen molar-refractivity contribution in [2.24, 2.45) is 35.5 Å². The zero-order chi connectivity index (χ0) is 33.6. The molecule has 2 unspecified atom stereocenters. The van der Waals surface area contributed by atoms with Crippen molar-refractivity contribution in [3.8, 4) is 0 Å². The first-order chi connectivity index (χ1) is 21.7. The fourth-order valence-corrected chi connectivity index (χ4v) is 8.60. The molecule has 0 aromatic rings. The summed E-state index contributed by atoms with van der Waals surface area (Å²) in [6, 6.07) is 0. The van der Waals surface area contributed by atoms with E-state index >= 15 is 0 Å². The normalized spacial score (nSPS) is 40.9. The number of carbonyl (C=O) groups is 1. The summed E-state index contributed by atoms with van der Waals surface area (Å²) in [6.45, 7) is 18.2. The number of ketones is 1. The molecule has 0 bridgehead atoms.